The summed E-state index contributed by atoms with van der Waals surface area (Å²) < 4.78 is 9.79. The summed E-state index contributed by atoms with van der Waals surface area (Å²) in [7, 11) is 1.26. The number of methoxy groups -OCH3 is 1. The van der Waals surface area contributed by atoms with Gasteiger partial charge in [0.15, 0.2) is 5.11 Å². The van der Waals surface area contributed by atoms with Crippen molar-refractivity contribution in [3.05, 3.63) is 66.1 Å². The zero-order valence-corrected chi connectivity index (χ0v) is 19.3. The molecule has 0 unspecified atom stereocenters. The number of thiocarbonyl (C=S) groups is 1. The maximum Gasteiger partial charge on any atom is 0.328 e. The second-order valence-electron chi connectivity index (χ2n) is 7.51. The van der Waals surface area contributed by atoms with E-state index in [-0.39, 0.29) is 17.6 Å². The first-order valence-electron chi connectivity index (χ1n) is 10.3. The summed E-state index contributed by atoms with van der Waals surface area (Å²) in [5.74, 6) is -1.36. The number of esters is 1. The van der Waals surface area contributed by atoms with E-state index in [1.54, 1.807) is 26.0 Å². The molecule has 3 aromatic rings. The Kier molecular flexibility index (Phi) is 8.09. The minimum absolute atomic E-state index is 0.169. The van der Waals surface area contributed by atoms with Crippen LogP contribution in [0, 0.1) is 5.92 Å². The largest absolute Gasteiger partial charge is 0.467 e. The Morgan fingerprint density at radius 1 is 1.09 bits per heavy atom. The molecule has 0 saturated heterocycles. The topological polar surface area (TPSA) is 118 Å². The van der Waals surface area contributed by atoms with Crippen molar-refractivity contribution in [1.29, 1.82) is 0 Å². The van der Waals surface area contributed by atoms with Crippen LogP contribution in [0.15, 0.2) is 59.1 Å². The van der Waals surface area contributed by atoms with Gasteiger partial charge in [0.25, 0.3) is 0 Å². The molecule has 1 heterocycles. The number of rotatable bonds is 8. The Hall–Kier alpha value is -3.79. The highest BCUT2D eigenvalue weighted by molar-refractivity contribution is 7.80. The first-order chi connectivity index (χ1) is 15.9. The van der Waals surface area contributed by atoms with Crippen LogP contribution in [0.5, 0.6) is 0 Å². The van der Waals surface area contributed by atoms with E-state index in [4.69, 9.17) is 21.5 Å². The molecule has 0 aliphatic carbocycles. The zero-order chi connectivity index (χ0) is 23.8. The molecule has 3 rings (SSSR count). The van der Waals surface area contributed by atoms with Gasteiger partial charge in [0.05, 0.1) is 7.11 Å². The van der Waals surface area contributed by atoms with Crippen molar-refractivity contribution in [2.24, 2.45) is 5.92 Å². The SMILES string of the molecule is COC(=O)[C@@H](NC(=O)c1nc(-c2ccc(NC(=S)NCc3ccccc3)cc2)no1)C(C)C. The van der Waals surface area contributed by atoms with E-state index in [2.05, 4.69) is 26.1 Å². The average molecular weight is 468 g/mol. The molecule has 0 fully saturated rings. The van der Waals surface area contributed by atoms with Gasteiger partial charge in [-0.3, -0.25) is 4.79 Å². The fourth-order valence-corrected chi connectivity index (χ4v) is 3.11. The van der Waals surface area contributed by atoms with Crippen molar-refractivity contribution < 1.29 is 18.8 Å². The highest BCUT2D eigenvalue weighted by atomic mass is 32.1. The summed E-state index contributed by atoms with van der Waals surface area (Å²) in [5, 5.41) is 13.2. The maximum absolute atomic E-state index is 12.4. The molecule has 9 nitrogen and oxygen atoms in total. The van der Waals surface area contributed by atoms with Crippen molar-refractivity contribution in [1.82, 2.24) is 20.8 Å². The summed E-state index contributed by atoms with van der Waals surface area (Å²) in [6.07, 6.45) is 0. The highest BCUT2D eigenvalue weighted by Crippen LogP contribution is 2.19. The maximum atomic E-state index is 12.4. The van der Waals surface area contributed by atoms with E-state index in [0.29, 0.717) is 17.2 Å². The van der Waals surface area contributed by atoms with Crippen molar-refractivity contribution in [2.75, 3.05) is 12.4 Å². The first kappa shape index (κ1) is 23.9. The van der Waals surface area contributed by atoms with E-state index < -0.39 is 17.9 Å². The zero-order valence-electron chi connectivity index (χ0n) is 18.5. The van der Waals surface area contributed by atoms with E-state index in [1.165, 1.54) is 7.11 Å². The van der Waals surface area contributed by atoms with E-state index in [9.17, 15) is 9.59 Å². The molecular formula is C23H25N5O4S. The van der Waals surface area contributed by atoms with Crippen LogP contribution in [-0.4, -0.2) is 40.3 Å². The molecule has 3 N–H and O–H groups in total. The van der Waals surface area contributed by atoms with Crippen LogP contribution in [-0.2, 0) is 16.1 Å². The van der Waals surface area contributed by atoms with Crippen LogP contribution in [0.25, 0.3) is 11.4 Å². The highest BCUT2D eigenvalue weighted by Gasteiger charge is 2.27. The van der Waals surface area contributed by atoms with Crippen molar-refractivity contribution in [3.63, 3.8) is 0 Å². The van der Waals surface area contributed by atoms with Crippen LogP contribution in [0.4, 0.5) is 5.69 Å². The molecule has 10 heteroatoms. The Morgan fingerprint density at radius 2 is 1.79 bits per heavy atom. The lowest BCUT2D eigenvalue weighted by Crippen LogP contribution is -2.45. The summed E-state index contributed by atoms with van der Waals surface area (Å²) >= 11 is 5.33. The van der Waals surface area contributed by atoms with E-state index in [0.717, 1.165) is 11.3 Å². The predicted octanol–water partition coefficient (Wildman–Crippen LogP) is 3.15. The van der Waals surface area contributed by atoms with Gasteiger partial charge in [0, 0.05) is 17.8 Å². The van der Waals surface area contributed by atoms with E-state index in [1.807, 2.05) is 42.5 Å². The average Bonchev–Trinajstić information content (AvgIpc) is 3.32. The van der Waals surface area contributed by atoms with Gasteiger partial charge in [-0.2, -0.15) is 4.98 Å². The summed E-state index contributed by atoms with van der Waals surface area (Å²) in [5.41, 5.74) is 2.56. The number of hydrogen-bond acceptors (Lipinski definition) is 7. The second-order valence-corrected chi connectivity index (χ2v) is 7.92. The first-order valence-corrected chi connectivity index (χ1v) is 10.7. The van der Waals surface area contributed by atoms with Gasteiger partial charge in [-0.05, 0) is 48.0 Å². The van der Waals surface area contributed by atoms with Gasteiger partial charge < -0.3 is 25.2 Å². The van der Waals surface area contributed by atoms with Gasteiger partial charge in [-0.25, -0.2) is 4.79 Å². The molecule has 1 amide bonds. The number of hydrogen-bond donors (Lipinski definition) is 3. The lowest BCUT2D eigenvalue weighted by molar-refractivity contribution is -0.144. The number of benzene rings is 2. The number of ether oxygens (including phenoxy) is 1. The molecule has 0 aliphatic rings. The molecule has 1 atom stereocenters. The lowest BCUT2D eigenvalue weighted by Gasteiger charge is -2.18. The van der Waals surface area contributed by atoms with Crippen LogP contribution >= 0.6 is 12.2 Å². The Morgan fingerprint density at radius 3 is 2.42 bits per heavy atom. The molecule has 0 radical (unpaired) electrons. The van der Waals surface area contributed by atoms with E-state index >= 15 is 0 Å². The lowest BCUT2D eigenvalue weighted by atomic mass is 10.0. The minimum atomic E-state index is -0.817. The van der Waals surface area contributed by atoms with Gasteiger partial charge >= 0.3 is 17.8 Å². The fourth-order valence-electron chi connectivity index (χ4n) is 2.92. The number of carbonyl (C=O) groups excluding carboxylic acids is 2. The molecular weight excluding hydrogens is 442 g/mol. The molecule has 33 heavy (non-hydrogen) atoms. The molecule has 172 valence electrons. The number of nitrogens with zero attached hydrogens (tertiary/aromatic N) is 2. The van der Waals surface area contributed by atoms with Crippen molar-refractivity contribution in [3.8, 4) is 11.4 Å². The third-order valence-corrected chi connectivity index (χ3v) is 4.97. The Balaban J connectivity index is 1.58. The Labute approximate surface area is 196 Å². The number of aromatic nitrogens is 2. The number of nitrogens with one attached hydrogen (secondary N) is 3. The summed E-state index contributed by atoms with van der Waals surface area (Å²) in [4.78, 5) is 28.4. The van der Waals surface area contributed by atoms with Crippen LogP contribution in [0.2, 0.25) is 0 Å². The standard InChI is InChI=1S/C23H25N5O4S/c1-14(2)18(22(30)31-3)26-20(29)21-27-19(28-32-21)16-9-11-17(12-10-16)25-23(33)24-13-15-7-5-4-6-8-15/h4-12,14,18H,13H2,1-3H3,(H,26,29)(H2,24,25,33)/t18-/m0/s1. The van der Waals surface area contributed by atoms with Crippen LogP contribution in [0.1, 0.15) is 30.1 Å². The monoisotopic (exact) mass is 467 g/mol. The summed E-state index contributed by atoms with van der Waals surface area (Å²) in [6.45, 7) is 4.20. The van der Waals surface area contributed by atoms with Crippen molar-refractivity contribution >= 4 is 34.9 Å². The smallest absolute Gasteiger partial charge is 0.328 e. The third kappa shape index (κ3) is 6.59. The van der Waals surface area contributed by atoms with Gasteiger partial charge in [-0.1, -0.05) is 49.3 Å². The van der Waals surface area contributed by atoms with Gasteiger partial charge in [-0.15, -0.1) is 0 Å². The fraction of sp³-hybridized carbons (Fsp3) is 0.261. The molecule has 0 bridgehead atoms. The quantitative estimate of drug-likeness (QED) is 0.339. The van der Waals surface area contributed by atoms with Crippen LogP contribution in [0.3, 0.4) is 0 Å². The molecule has 0 aliphatic heterocycles. The van der Waals surface area contributed by atoms with Gasteiger partial charge in [0.2, 0.25) is 5.82 Å². The summed E-state index contributed by atoms with van der Waals surface area (Å²) in [6, 6.07) is 16.3. The third-order valence-electron chi connectivity index (χ3n) is 4.73. The van der Waals surface area contributed by atoms with Crippen molar-refractivity contribution in [2.45, 2.75) is 26.4 Å². The number of carbonyl (C=O) groups is 2. The second kappa shape index (κ2) is 11.2. The van der Waals surface area contributed by atoms with Crippen LogP contribution < -0.4 is 16.0 Å². The Bertz CT molecular complexity index is 1100. The van der Waals surface area contributed by atoms with Gasteiger partial charge in [0.1, 0.15) is 6.04 Å². The predicted molar refractivity (Wildman–Crippen MR) is 127 cm³/mol. The number of amides is 1. The minimum Gasteiger partial charge on any atom is -0.467 e. The molecule has 2 aromatic carbocycles. The molecule has 1 aromatic heterocycles. The molecule has 0 saturated carbocycles. The molecule has 0 spiro atoms. The normalized spacial score (nSPS) is 11.5. The number of anilines is 1.